The van der Waals surface area contributed by atoms with E-state index < -0.39 is 0 Å². The van der Waals surface area contributed by atoms with Crippen molar-refractivity contribution in [2.24, 2.45) is 0 Å². The summed E-state index contributed by atoms with van der Waals surface area (Å²) in [6.45, 7) is 4.15. The summed E-state index contributed by atoms with van der Waals surface area (Å²) >= 11 is 8.11. The molecule has 0 atom stereocenters. The van der Waals surface area contributed by atoms with Gasteiger partial charge in [-0.1, -0.05) is 70.5 Å². The predicted molar refractivity (Wildman–Crippen MR) is 130 cm³/mol. The number of likely N-dealkylation sites (tertiary alicyclic amines) is 1. The Morgan fingerprint density at radius 1 is 1.06 bits per heavy atom. The van der Waals surface area contributed by atoms with Crippen LogP contribution in [-0.4, -0.2) is 49.9 Å². The van der Waals surface area contributed by atoms with E-state index in [4.69, 9.17) is 16.1 Å². The highest BCUT2D eigenvalue weighted by molar-refractivity contribution is 7.98. The predicted octanol–water partition coefficient (Wildman–Crippen LogP) is 5.38. The molecular formula is C24H25ClN6OS. The Balaban J connectivity index is 1.40. The molecule has 33 heavy (non-hydrogen) atoms. The average Bonchev–Trinajstić information content (AvgIpc) is 3.46. The lowest BCUT2D eigenvalue weighted by atomic mass is 9.96. The van der Waals surface area contributed by atoms with Crippen LogP contribution in [0.2, 0.25) is 5.02 Å². The van der Waals surface area contributed by atoms with E-state index in [9.17, 15) is 0 Å². The second-order valence-corrected chi connectivity index (χ2v) is 9.72. The van der Waals surface area contributed by atoms with Crippen LogP contribution in [0.15, 0.2) is 58.2 Å². The average molecular weight is 481 g/mol. The third kappa shape index (κ3) is 4.83. The van der Waals surface area contributed by atoms with Crippen LogP contribution in [-0.2, 0) is 5.75 Å². The van der Waals surface area contributed by atoms with E-state index in [1.54, 1.807) is 0 Å². The minimum atomic E-state index is 0.343. The zero-order valence-electron chi connectivity index (χ0n) is 18.6. The number of para-hydroxylation sites is 1. The number of aryl methyl sites for hydroxylation is 1. The first-order chi connectivity index (χ1) is 16.1. The van der Waals surface area contributed by atoms with Crippen LogP contribution in [0.25, 0.3) is 17.1 Å². The Hall–Kier alpha value is -2.68. The molecule has 0 saturated carbocycles. The summed E-state index contributed by atoms with van der Waals surface area (Å²) in [4.78, 5) is 6.91. The van der Waals surface area contributed by atoms with E-state index in [1.165, 1.54) is 17.3 Å². The number of hydrogen-bond acceptors (Lipinski definition) is 7. The van der Waals surface area contributed by atoms with Crippen molar-refractivity contribution < 1.29 is 4.52 Å². The van der Waals surface area contributed by atoms with Crippen LogP contribution in [0.5, 0.6) is 0 Å². The highest BCUT2D eigenvalue weighted by Crippen LogP contribution is 2.34. The van der Waals surface area contributed by atoms with Crippen molar-refractivity contribution >= 4 is 23.4 Å². The van der Waals surface area contributed by atoms with Crippen molar-refractivity contribution in [2.45, 2.75) is 36.6 Å². The number of aromatic nitrogens is 5. The minimum Gasteiger partial charge on any atom is -0.338 e. The molecule has 1 saturated heterocycles. The van der Waals surface area contributed by atoms with Crippen LogP contribution in [0.4, 0.5) is 0 Å². The van der Waals surface area contributed by atoms with Crippen molar-refractivity contribution in [3.8, 4) is 17.1 Å². The van der Waals surface area contributed by atoms with Gasteiger partial charge in [0.2, 0.25) is 11.7 Å². The van der Waals surface area contributed by atoms with Gasteiger partial charge in [0.05, 0.1) is 16.5 Å². The first-order valence-electron chi connectivity index (χ1n) is 11.0. The van der Waals surface area contributed by atoms with Crippen molar-refractivity contribution in [1.29, 1.82) is 0 Å². The van der Waals surface area contributed by atoms with Crippen LogP contribution >= 0.6 is 23.4 Å². The standard InChI is InChI=1S/C24H25ClN6OS/c1-16-7-9-17(10-8-16)22-26-21(32-29-22)15-33-24-28-27-23(18-11-13-30(2)14-12-18)31(24)20-6-4-3-5-19(20)25/h3-10,18H,11-15H2,1-2H3. The lowest BCUT2D eigenvalue weighted by Gasteiger charge is -2.28. The van der Waals surface area contributed by atoms with E-state index in [0.29, 0.717) is 28.4 Å². The van der Waals surface area contributed by atoms with E-state index in [1.807, 2.05) is 48.5 Å². The fourth-order valence-corrected chi connectivity index (χ4v) is 5.03. The van der Waals surface area contributed by atoms with E-state index >= 15 is 0 Å². The number of thioether (sulfide) groups is 1. The van der Waals surface area contributed by atoms with Gasteiger partial charge >= 0.3 is 0 Å². The zero-order valence-corrected chi connectivity index (χ0v) is 20.2. The number of rotatable bonds is 6. The Labute approximate surface area is 202 Å². The Morgan fingerprint density at radius 2 is 1.82 bits per heavy atom. The van der Waals surface area contributed by atoms with Crippen LogP contribution in [0.3, 0.4) is 0 Å². The van der Waals surface area contributed by atoms with Gasteiger partial charge in [-0.2, -0.15) is 4.98 Å². The molecule has 0 bridgehead atoms. The molecule has 9 heteroatoms. The highest BCUT2D eigenvalue weighted by Gasteiger charge is 2.27. The van der Waals surface area contributed by atoms with Gasteiger partial charge in [0.15, 0.2) is 5.16 Å². The molecule has 2 aromatic heterocycles. The second-order valence-electron chi connectivity index (χ2n) is 8.37. The molecule has 0 radical (unpaired) electrons. The number of halogens is 1. The Morgan fingerprint density at radius 3 is 2.58 bits per heavy atom. The lowest BCUT2D eigenvalue weighted by Crippen LogP contribution is -2.30. The van der Waals surface area contributed by atoms with Gasteiger partial charge in [-0.05, 0) is 52.0 Å². The molecule has 0 aliphatic carbocycles. The fraction of sp³-hybridized carbons (Fsp3) is 0.333. The molecule has 3 heterocycles. The molecule has 7 nitrogen and oxygen atoms in total. The van der Waals surface area contributed by atoms with Gasteiger partial charge < -0.3 is 9.42 Å². The van der Waals surface area contributed by atoms with Gasteiger partial charge in [0.25, 0.3) is 0 Å². The summed E-state index contributed by atoms with van der Waals surface area (Å²) in [5, 5.41) is 14.7. The molecule has 2 aromatic carbocycles. The summed E-state index contributed by atoms with van der Waals surface area (Å²) in [6.07, 6.45) is 2.10. The molecule has 1 aliphatic rings. The number of nitrogens with zero attached hydrogens (tertiary/aromatic N) is 6. The first-order valence-corrected chi connectivity index (χ1v) is 12.4. The maximum absolute atomic E-state index is 6.59. The van der Waals surface area contributed by atoms with E-state index in [2.05, 4.69) is 43.8 Å². The number of hydrogen-bond donors (Lipinski definition) is 0. The van der Waals surface area contributed by atoms with E-state index in [0.717, 1.165) is 48.2 Å². The quantitative estimate of drug-likeness (QED) is 0.343. The normalized spacial score (nSPS) is 15.2. The zero-order chi connectivity index (χ0) is 22.8. The third-order valence-corrected chi connectivity index (χ3v) is 7.17. The van der Waals surface area contributed by atoms with Crippen molar-refractivity contribution in [1.82, 2.24) is 29.8 Å². The molecule has 1 aliphatic heterocycles. The molecule has 170 valence electrons. The van der Waals surface area contributed by atoms with Crippen molar-refractivity contribution in [2.75, 3.05) is 20.1 Å². The summed E-state index contributed by atoms with van der Waals surface area (Å²) in [5.41, 5.74) is 3.02. The summed E-state index contributed by atoms with van der Waals surface area (Å²) < 4.78 is 7.60. The monoisotopic (exact) mass is 480 g/mol. The van der Waals surface area contributed by atoms with Crippen LogP contribution < -0.4 is 0 Å². The molecule has 1 fully saturated rings. The van der Waals surface area contributed by atoms with Crippen molar-refractivity contribution in [3.63, 3.8) is 0 Å². The number of benzene rings is 2. The first kappa shape index (κ1) is 22.1. The molecule has 0 N–H and O–H groups in total. The largest absolute Gasteiger partial charge is 0.338 e. The van der Waals surface area contributed by atoms with Gasteiger partial charge in [-0.25, -0.2) is 0 Å². The smallest absolute Gasteiger partial charge is 0.237 e. The van der Waals surface area contributed by atoms with Gasteiger partial charge in [0, 0.05) is 11.5 Å². The summed E-state index contributed by atoms with van der Waals surface area (Å²) in [7, 11) is 2.16. The fourth-order valence-electron chi connectivity index (χ4n) is 4.03. The van der Waals surface area contributed by atoms with E-state index in [-0.39, 0.29) is 0 Å². The molecule has 5 rings (SSSR count). The van der Waals surface area contributed by atoms with Gasteiger partial charge in [-0.15, -0.1) is 10.2 Å². The van der Waals surface area contributed by atoms with Crippen molar-refractivity contribution in [3.05, 3.63) is 70.8 Å². The van der Waals surface area contributed by atoms with Gasteiger partial charge in [-0.3, -0.25) is 4.57 Å². The molecule has 4 aromatic rings. The maximum Gasteiger partial charge on any atom is 0.237 e. The molecule has 0 amide bonds. The lowest BCUT2D eigenvalue weighted by molar-refractivity contribution is 0.250. The summed E-state index contributed by atoms with van der Waals surface area (Å²) in [5.74, 6) is 2.94. The third-order valence-electron chi connectivity index (χ3n) is 5.94. The summed E-state index contributed by atoms with van der Waals surface area (Å²) in [6, 6.07) is 15.9. The highest BCUT2D eigenvalue weighted by atomic mass is 35.5. The Kier molecular flexibility index (Phi) is 6.48. The van der Waals surface area contributed by atoms with Crippen LogP contribution in [0, 0.1) is 6.92 Å². The Bertz CT molecular complexity index is 1230. The molecule has 0 spiro atoms. The minimum absolute atomic E-state index is 0.343. The van der Waals surface area contributed by atoms with Crippen LogP contribution in [0.1, 0.15) is 36.0 Å². The SMILES string of the molecule is Cc1ccc(-c2noc(CSc3nnc(C4CCN(C)CC4)n3-c3ccccc3Cl)n2)cc1. The van der Waals surface area contributed by atoms with Gasteiger partial charge in [0.1, 0.15) is 5.82 Å². The molecule has 0 unspecified atom stereocenters. The number of piperidine rings is 1. The molecular weight excluding hydrogens is 456 g/mol. The topological polar surface area (TPSA) is 72.9 Å². The maximum atomic E-state index is 6.59. The second kappa shape index (κ2) is 9.67.